The highest BCUT2D eigenvalue weighted by Gasteiger charge is 2.15. The minimum absolute atomic E-state index is 0.0254. The van der Waals surface area contributed by atoms with Crippen LogP contribution in [0.4, 0.5) is 5.69 Å². The summed E-state index contributed by atoms with van der Waals surface area (Å²) < 4.78 is 6.88. The number of aromatic nitrogens is 2. The number of hydrogen-bond donors (Lipinski definition) is 1. The van der Waals surface area contributed by atoms with Gasteiger partial charge < -0.3 is 10.1 Å². The van der Waals surface area contributed by atoms with Gasteiger partial charge in [-0.05, 0) is 25.2 Å². The van der Waals surface area contributed by atoms with Gasteiger partial charge in [0.1, 0.15) is 0 Å². The van der Waals surface area contributed by atoms with Crippen molar-refractivity contribution in [3.8, 4) is 0 Å². The monoisotopic (exact) mass is 251 g/mol. The lowest BCUT2D eigenvalue weighted by Gasteiger charge is -2.22. The van der Waals surface area contributed by atoms with Crippen molar-refractivity contribution in [1.82, 2.24) is 9.78 Å². The minimum Gasteiger partial charge on any atom is -0.384 e. The summed E-state index contributed by atoms with van der Waals surface area (Å²) in [6.07, 6.45) is 4.80. The molecule has 5 nitrogen and oxygen atoms in total. The SMILES string of the molecule is CCCNc1cnn(CC2CCOCC2)c(=O)c1. The van der Waals surface area contributed by atoms with Crippen molar-refractivity contribution in [2.45, 2.75) is 32.7 Å². The average Bonchev–Trinajstić information content (AvgIpc) is 2.40. The third-order valence-electron chi connectivity index (χ3n) is 3.22. The van der Waals surface area contributed by atoms with E-state index in [1.165, 1.54) is 0 Å². The summed E-state index contributed by atoms with van der Waals surface area (Å²) in [5.74, 6) is 0.512. The average molecular weight is 251 g/mol. The van der Waals surface area contributed by atoms with Crippen molar-refractivity contribution in [1.29, 1.82) is 0 Å². The van der Waals surface area contributed by atoms with Gasteiger partial charge in [-0.1, -0.05) is 6.92 Å². The van der Waals surface area contributed by atoms with E-state index in [2.05, 4.69) is 17.3 Å². The third kappa shape index (κ3) is 3.57. The zero-order valence-corrected chi connectivity index (χ0v) is 10.9. The summed E-state index contributed by atoms with van der Waals surface area (Å²) in [7, 11) is 0. The summed E-state index contributed by atoms with van der Waals surface area (Å²) in [5, 5.41) is 7.40. The fourth-order valence-electron chi connectivity index (χ4n) is 2.11. The van der Waals surface area contributed by atoms with E-state index in [4.69, 9.17) is 4.74 Å². The Morgan fingerprint density at radius 2 is 2.28 bits per heavy atom. The normalized spacial score (nSPS) is 16.7. The second-order valence-electron chi connectivity index (χ2n) is 4.75. The molecule has 0 bridgehead atoms. The van der Waals surface area contributed by atoms with Gasteiger partial charge in [-0.3, -0.25) is 4.79 Å². The molecular formula is C13H21N3O2. The molecule has 1 aliphatic rings. The number of ether oxygens (including phenoxy) is 1. The van der Waals surface area contributed by atoms with Crippen molar-refractivity contribution in [2.75, 3.05) is 25.1 Å². The molecule has 1 fully saturated rings. The molecule has 0 amide bonds. The Morgan fingerprint density at radius 1 is 1.50 bits per heavy atom. The Labute approximate surface area is 107 Å². The van der Waals surface area contributed by atoms with Gasteiger partial charge in [0.15, 0.2) is 0 Å². The van der Waals surface area contributed by atoms with Crippen molar-refractivity contribution in [3.63, 3.8) is 0 Å². The molecule has 1 aromatic heterocycles. The highest BCUT2D eigenvalue weighted by atomic mass is 16.5. The van der Waals surface area contributed by atoms with Crippen LogP contribution in [0.2, 0.25) is 0 Å². The molecule has 0 saturated carbocycles. The number of nitrogens with one attached hydrogen (secondary N) is 1. The second-order valence-corrected chi connectivity index (χ2v) is 4.75. The molecule has 100 valence electrons. The first-order valence-corrected chi connectivity index (χ1v) is 6.68. The summed E-state index contributed by atoms with van der Waals surface area (Å²) in [5.41, 5.74) is 0.785. The van der Waals surface area contributed by atoms with Crippen LogP contribution in [-0.2, 0) is 11.3 Å². The molecule has 5 heteroatoms. The molecule has 0 aromatic carbocycles. The highest BCUT2D eigenvalue weighted by molar-refractivity contribution is 5.38. The van der Waals surface area contributed by atoms with E-state index in [1.54, 1.807) is 16.9 Å². The van der Waals surface area contributed by atoms with E-state index in [9.17, 15) is 4.79 Å². The van der Waals surface area contributed by atoms with Crippen LogP contribution in [0.1, 0.15) is 26.2 Å². The third-order valence-corrected chi connectivity index (χ3v) is 3.22. The fraction of sp³-hybridized carbons (Fsp3) is 0.692. The minimum atomic E-state index is -0.0254. The van der Waals surface area contributed by atoms with Gasteiger partial charge in [0.05, 0.1) is 11.9 Å². The maximum atomic E-state index is 11.9. The Bertz CT molecular complexity index is 424. The van der Waals surface area contributed by atoms with Crippen molar-refractivity contribution < 1.29 is 4.74 Å². The molecule has 1 saturated heterocycles. The van der Waals surface area contributed by atoms with E-state index >= 15 is 0 Å². The molecule has 2 heterocycles. The quantitative estimate of drug-likeness (QED) is 0.861. The lowest BCUT2D eigenvalue weighted by molar-refractivity contribution is 0.0596. The van der Waals surface area contributed by atoms with Gasteiger partial charge in [0.2, 0.25) is 0 Å². The van der Waals surface area contributed by atoms with E-state index in [1.807, 2.05) is 0 Å². The standard InChI is InChI=1S/C13H21N3O2/c1-2-5-14-12-8-13(17)16(15-9-12)10-11-3-6-18-7-4-11/h8-9,11,14H,2-7,10H2,1H3. The van der Waals surface area contributed by atoms with E-state index in [0.29, 0.717) is 12.5 Å². The molecular weight excluding hydrogens is 230 g/mol. The molecule has 0 aliphatic carbocycles. The lowest BCUT2D eigenvalue weighted by atomic mass is 10.0. The van der Waals surface area contributed by atoms with Crippen molar-refractivity contribution in [2.24, 2.45) is 5.92 Å². The van der Waals surface area contributed by atoms with Gasteiger partial charge in [-0.15, -0.1) is 0 Å². The van der Waals surface area contributed by atoms with Crippen LogP contribution < -0.4 is 10.9 Å². The number of rotatable bonds is 5. The molecule has 2 rings (SSSR count). The molecule has 0 radical (unpaired) electrons. The summed E-state index contributed by atoms with van der Waals surface area (Å²) in [4.78, 5) is 11.9. The van der Waals surface area contributed by atoms with E-state index in [0.717, 1.165) is 44.7 Å². The smallest absolute Gasteiger partial charge is 0.268 e. The Morgan fingerprint density at radius 3 is 2.94 bits per heavy atom. The number of nitrogens with zero attached hydrogens (tertiary/aromatic N) is 2. The van der Waals surface area contributed by atoms with Crippen LogP contribution in [-0.4, -0.2) is 29.5 Å². The highest BCUT2D eigenvalue weighted by Crippen LogP contribution is 2.15. The maximum Gasteiger partial charge on any atom is 0.268 e. The van der Waals surface area contributed by atoms with Gasteiger partial charge in [-0.25, -0.2) is 4.68 Å². The first kappa shape index (κ1) is 13.1. The Balaban J connectivity index is 1.98. The van der Waals surface area contributed by atoms with Gasteiger partial charge in [0.25, 0.3) is 5.56 Å². The van der Waals surface area contributed by atoms with Crippen LogP contribution in [0.5, 0.6) is 0 Å². The molecule has 1 N–H and O–H groups in total. The molecule has 0 unspecified atom stereocenters. The zero-order chi connectivity index (χ0) is 12.8. The van der Waals surface area contributed by atoms with Crippen LogP contribution in [0.3, 0.4) is 0 Å². The number of hydrogen-bond acceptors (Lipinski definition) is 4. The molecule has 1 aliphatic heterocycles. The zero-order valence-electron chi connectivity index (χ0n) is 10.9. The van der Waals surface area contributed by atoms with Crippen molar-refractivity contribution in [3.05, 3.63) is 22.6 Å². The van der Waals surface area contributed by atoms with Gasteiger partial charge >= 0.3 is 0 Å². The van der Waals surface area contributed by atoms with Gasteiger partial charge in [-0.2, -0.15) is 5.10 Å². The lowest BCUT2D eigenvalue weighted by Crippen LogP contribution is -2.29. The van der Waals surface area contributed by atoms with E-state index in [-0.39, 0.29) is 5.56 Å². The summed E-state index contributed by atoms with van der Waals surface area (Å²) >= 11 is 0. The van der Waals surface area contributed by atoms with Crippen LogP contribution in [0.15, 0.2) is 17.1 Å². The second kappa shape index (κ2) is 6.54. The van der Waals surface area contributed by atoms with Crippen molar-refractivity contribution >= 4 is 5.69 Å². The predicted octanol–water partition coefficient (Wildman–Crippen LogP) is 1.49. The fourth-order valence-corrected chi connectivity index (χ4v) is 2.11. The molecule has 0 atom stereocenters. The molecule has 18 heavy (non-hydrogen) atoms. The van der Waals surface area contributed by atoms with E-state index < -0.39 is 0 Å². The van der Waals surface area contributed by atoms with Crippen LogP contribution in [0, 0.1) is 5.92 Å². The summed E-state index contributed by atoms with van der Waals surface area (Å²) in [6.45, 7) is 5.26. The predicted molar refractivity (Wildman–Crippen MR) is 70.8 cm³/mol. The first-order valence-electron chi connectivity index (χ1n) is 6.68. The molecule has 0 spiro atoms. The Hall–Kier alpha value is -1.36. The first-order chi connectivity index (χ1) is 8.79. The van der Waals surface area contributed by atoms with Gasteiger partial charge in [0, 0.05) is 32.4 Å². The topological polar surface area (TPSA) is 56.1 Å². The largest absolute Gasteiger partial charge is 0.384 e. The summed E-state index contributed by atoms with van der Waals surface area (Å²) in [6, 6.07) is 1.63. The van der Waals surface area contributed by atoms with Crippen LogP contribution in [0.25, 0.3) is 0 Å². The number of anilines is 1. The van der Waals surface area contributed by atoms with Crippen LogP contribution >= 0.6 is 0 Å². The maximum absolute atomic E-state index is 11.9. The Kier molecular flexibility index (Phi) is 4.75. The molecule has 1 aromatic rings.